The van der Waals surface area contributed by atoms with Gasteiger partial charge in [-0.25, -0.2) is 0 Å². The number of allylic oxidation sites excluding steroid dienone is 2. The molecule has 0 spiro atoms. The lowest BCUT2D eigenvalue weighted by Crippen LogP contribution is -2.54. The lowest BCUT2D eigenvalue weighted by Gasteiger charge is -2.36. The minimum absolute atomic E-state index is 0.194. The van der Waals surface area contributed by atoms with Gasteiger partial charge >= 0.3 is 0 Å². The molecule has 1 aliphatic rings. The molecule has 4 heteroatoms. The van der Waals surface area contributed by atoms with Gasteiger partial charge in [-0.2, -0.15) is 0 Å². The fourth-order valence-corrected chi connectivity index (χ4v) is 2.82. The molecule has 1 aromatic rings. The zero-order valence-electron chi connectivity index (χ0n) is 12.3. The molecule has 21 heavy (non-hydrogen) atoms. The largest absolute Gasteiger partial charge is 0.353 e. The van der Waals surface area contributed by atoms with Gasteiger partial charge in [-0.05, 0) is 37.7 Å². The van der Waals surface area contributed by atoms with Gasteiger partial charge in [0.2, 0.25) is 0 Å². The fourth-order valence-electron chi connectivity index (χ4n) is 2.51. The summed E-state index contributed by atoms with van der Waals surface area (Å²) in [5, 5.41) is 6.35. The number of thiocarbonyl (C=S) groups is 1. The van der Waals surface area contributed by atoms with Gasteiger partial charge in [-0.1, -0.05) is 49.4 Å². The molecule has 0 aromatic heterocycles. The third kappa shape index (κ3) is 3.79. The van der Waals surface area contributed by atoms with Gasteiger partial charge in [0.25, 0.3) is 5.91 Å². The minimum atomic E-state index is -0.273. The average molecular weight is 300 g/mol. The molecule has 1 amide bonds. The van der Waals surface area contributed by atoms with Crippen LogP contribution in [0.25, 0.3) is 0 Å². The Morgan fingerprint density at radius 2 is 2.00 bits per heavy atom. The monoisotopic (exact) mass is 300 g/mol. The molecule has 1 aliphatic carbocycles. The number of amides is 1. The Labute approximate surface area is 131 Å². The van der Waals surface area contributed by atoms with E-state index in [0.717, 1.165) is 6.42 Å². The van der Waals surface area contributed by atoms with Gasteiger partial charge in [0.15, 0.2) is 5.11 Å². The van der Waals surface area contributed by atoms with Crippen LogP contribution in [-0.4, -0.2) is 16.6 Å². The number of carbonyl (C=O) groups excluding carboxylic acids is 1. The zero-order chi connectivity index (χ0) is 15.3. The summed E-state index contributed by atoms with van der Waals surface area (Å²) in [6.45, 7) is 4.22. The van der Waals surface area contributed by atoms with E-state index >= 15 is 0 Å². The van der Waals surface area contributed by atoms with Crippen LogP contribution in [0.4, 0.5) is 0 Å². The van der Waals surface area contributed by atoms with Crippen LogP contribution in [0.5, 0.6) is 0 Å². The Hall–Kier alpha value is -1.94. The Morgan fingerprint density at radius 3 is 2.67 bits per heavy atom. The smallest absolute Gasteiger partial charge is 0.257 e. The van der Waals surface area contributed by atoms with Crippen molar-refractivity contribution in [2.75, 3.05) is 0 Å². The standard InChI is InChI=1S/C17H20N2OS/c1-3-14-11-7-8-12-17(14,2)19-16(21)18-15(20)13-9-5-4-6-10-13/h4-12,14H,3H2,1-2H3,(H2,18,19,20,21). The van der Waals surface area contributed by atoms with Crippen molar-refractivity contribution in [3.63, 3.8) is 0 Å². The van der Waals surface area contributed by atoms with Crippen molar-refractivity contribution in [3.05, 3.63) is 60.2 Å². The summed E-state index contributed by atoms with van der Waals surface area (Å²) < 4.78 is 0. The van der Waals surface area contributed by atoms with Crippen LogP contribution in [0, 0.1) is 5.92 Å². The molecular weight excluding hydrogens is 280 g/mol. The van der Waals surface area contributed by atoms with Crippen molar-refractivity contribution in [3.8, 4) is 0 Å². The SMILES string of the molecule is CCC1C=CC=CC1(C)NC(=S)NC(=O)c1ccccc1. The molecule has 110 valence electrons. The van der Waals surface area contributed by atoms with Gasteiger partial charge in [-0.15, -0.1) is 0 Å². The molecule has 2 atom stereocenters. The van der Waals surface area contributed by atoms with Gasteiger partial charge < -0.3 is 5.32 Å². The molecule has 0 radical (unpaired) electrons. The van der Waals surface area contributed by atoms with Gasteiger partial charge in [0.05, 0.1) is 5.54 Å². The summed E-state index contributed by atoms with van der Waals surface area (Å²) in [4.78, 5) is 12.1. The van der Waals surface area contributed by atoms with Crippen molar-refractivity contribution in [2.24, 2.45) is 5.92 Å². The van der Waals surface area contributed by atoms with E-state index in [2.05, 4.69) is 36.6 Å². The second-order valence-corrected chi connectivity index (χ2v) is 5.72. The van der Waals surface area contributed by atoms with Gasteiger partial charge in [0.1, 0.15) is 0 Å². The first-order chi connectivity index (χ1) is 10.0. The van der Waals surface area contributed by atoms with E-state index in [-0.39, 0.29) is 11.4 Å². The Balaban J connectivity index is 2.00. The van der Waals surface area contributed by atoms with E-state index < -0.39 is 0 Å². The summed E-state index contributed by atoms with van der Waals surface area (Å²) in [5.74, 6) is 0.147. The fraction of sp³-hybridized carbons (Fsp3) is 0.294. The first-order valence-electron chi connectivity index (χ1n) is 7.09. The second-order valence-electron chi connectivity index (χ2n) is 5.32. The third-order valence-electron chi connectivity index (χ3n) is 3.75. The average Bonchev–Trinajstić information content (AvgIpc) is 2.48. The maximum Gasteiger partial charge on any atom is 0.257 e. The van der Waals surface area contributed by atoms with E-state index in [4.69, 9.17) is 12.2 Å². The van der Waals surface area contributed by atoms with E-state index in [1.807, 2.05) is 30.4 Å². The maximum atomic E-state index is 12.1. The van der Waals surface area contributed by atoms with E-state index in [1.165, 1.54) is 0 Å². The second kappa shape index (κ2) is 6.68. The highest BCUT2D eigenvalue weighted by atomic mass is 32.1. The predicted octanol–water partition coefficient (Wildman–Crippen LogP) is 3.20. The molecule has 2 rings (SSSR count). The molecule has 0 aliphatic heterocycles. The molecule has 0 saturated heterocycles. The van der Waals surface area contributed by atoms with Crippen LogP contribution in [0.3, 0.4) is 0 Å². The number of carbonyl (C=O) groups is 1. The van der Waals surface area contributed by atoms with E-state index in [0.29, 0.717) is 16.6 Å². The van der Waals surface area contributed by atoms with E-state index in [1.54, 1.807) is 12.1 Å². The summed E-state index contributed by atoms with van der Waals surface area (Å²) in [6, 6.07) is 9.05. The van der Waals surface area contributed by atoms with Crippen LogP contribution in [-0.2, 0) is 0 Å². The molecule has 3 nitrogen and oxygen atoms in total. The molecule has 2 N–H and O–H groups in total. The first-order valence-corrected chi connectivity index (χ1v) is 7.50. The topological polar surface area (TPSA) is 41.1 Å². The number of hydrogen-bond acceptors (Lipinski definition) is 2. The van der Waals surface area contributed by atoms with E-state index in [9.17, 15) is 4.79 Å². The normalized spacial score (nSPS) is 23.6. The highest BCUT2D eigenvalue weighted by Gasteiger charge is 2.31. The zero-order valence-corrected chi connectivity index (χ0v) is 13.1. The highest BCUT2D eigenvalue weighted by molar-refractivity contribution is 7.80. The Kier molecular flexibility index (Phi) is 4.91. The number of benzene rings is 1. The lowest BCUT2D eigenvalue weighted by molar-refractivity contribution is 0.0976. The molecule has 1 aromatic carbocycles. The van der Waals surface area contributed by atoms with Crippen LogP contribution in [0.1, 0.15) is 30.6 Å². The molecule has 0 bridgehead atoms. The summed E-state index contributed by atoms with van der Waals surface area (Å²) in [6.07, 6.45) is 9.29. The number of rotatable bonds is 3. The van der Waals surface area contributed by atoms with Crippen molar-refractivity contribution in [1.82, 2.24) is 10.6 Å². The molecular formula is C17H20N2OS. The maximum absolute atomic E-state index is 12.1. The summed E-state index contributed by atoms with van der Waals surface area (Å²) in [5.41, 5.74) is 0.322. The number of hydrogen-bond donors (Lipinski definition) is 2. The summed E-state index contributed by atoms with van der Waals surface area (Å²) >= 11 is 5.28. The van der Waals surface area contributed by atoms with Crippen molar-refractivity contribution in [1.29, 1.82) is 0 Å². The quantitative estimate of drug-likeness (QED) is 0.842. The van der Waals surface area contributed by atoms with Crippen molar-refractivity contribution >= 4 is 23.2 Å². The third-order valence-corrected chi connectivity index (χ3v) is 3.96. The van der Waals surface area contributed by atoms with Crippen LogP contribution < -0.4 is 10.6 Å². The molecule has 0 fully saturated rings. The molecule has 0 heterocycles. The van der Waals surface area contributed by atoms with Gasteiger partial charge in [0, 0.05) is 11.5 Å². The van der Waals surface area contributed by atoms with Gasteiger partial charge in [-0.3, -0.25) is 10.1 Å². The Bertz CT molecular complexity index is 580. The number of nitrogens with one attached hydrogen (secondary N) is 2. The predicted molar refractivity (Wildman–Crippen MR) is 90.1 cm³/mol. The van der Waals surface area contributed by atoms with Crippen LogP contribution >= 0.6 is 12.2 Å². The minimum Gasteiger partial charge on any atom is -0.353 e. The highest BCUT2D eigenvalue weighted by Crippen LogP contribution is 2.26. The van der Waals surface area contributed by atoms with Crippen molar-refractivity contribution < 1.29 is 4.79 Å². The lowest BCUT2D eigenvalue weighted by atomic mass is 9.80. The van der Waals surface area contributed by atoms with Crippen LogP contribution in [0.2, 0.25) is 0 Å². The van der Waals surface area contributed by atoms with Crippen LogP contribution in [0.15, 0.2) is 54.6 Å². The summed E-state index contributed by atoms with van der Waals surface area (Å²) in [7, 11) is 0. The van der Waals surface area contributed by atoms with Crippen molar-refractivity contribution in [2.45, 2.75) is 25.8 Å². The first kappa shape index (κ1) is 15.4. The molecule has 0 saturated carbocycles. The molecule has 2 unspecified atom stereocenters. The Morgan fingerprint density at radius 1 is 1.29 bits per heavy atom.